The summed E-state index contributed by atoms with van der Waals surface area (Å²) in [6.07, 6.45) is 1.54. The minimum atomic E-state index is -0.380. The van der Waals surface area contributed by atoms with Gasteiger partial charge in [0.25, 0.3) is 11.5 Å². The first-order valence-corrected chi connectivity index (χ1v) is 14.7. The molecule has 1 N–H and O–H groups in total. The maximum atomic E-state index is 13.9. The number of aromatic nitrogens is 2. The lowest BCUT2D eigenvalue weighted by Gasteiger charge is -2.13. The zero-order valence-corrected chi connectivity index (χ0v) is 25.2. The third kappa shape index (κ3) is 5.55. The molecule has 46 heavy (non-hydrogen) atoms. The molecule has 0 fully saturated rings. The van der Waals surface area contributed by atoms with E-state index < -0.39 is 0 Å². The highest BCUT2D eigenvalue weighted by Gasteiger charge is 2.18. The molecule has 0 radical (unpaired) electrons. The highest BCUT2D eigenvalue weighted by molar-refractivity contribution is 6.30. The minimum Gasteiger partial charge on any atom is -0.496 e. The number of hydrogen-bond donors (Lipinski definition) is 1. The van der Waals surface area contributed by atoms with E-state index in [1.54, 1.807) is 67.9 Å². The third-order valence-electron chi connectivity index (χ3n) is 7.44. The molecule has 2 heterocycles. The Morgan fingerprint density at radius 3 is 2.52 bits per heavy atom. The Morgan fingerprint density at radius 2 is 1.70 bits per heavy atom. The lowest BCUT2D eigenvalue weighted by molar-refractivity contribution is -0.118. The average Bonchev–Trinajstić information content (AvgIpc) is 3.53. The quantitative estimate of drug-likeness (QED) is 0.174. The Morgan fingerprint density at radius 1 is 0.913 bits per heavy atom. The molecule has 10 heteroatoms. The molecule has 226 valence electrons. The van der Waals surface area contributed by atoms with Crippen molar-refractivity contribution in [3.63, 3.8) is 0 Å². The molecule has 0 spiro atoms. The summed E-state index contributed by atoms with van der Waals surface area (Å²) in [5.41, 5.74) is 1.87. The van der Waals surface area contributed by atoms with Crippen LogP contribution in [0.4, 0.5) is 5.69 Å². The molecule has 9 nitrogen and oxygen atoms in total. The molecule has 5 aromatic carbocycles. The van der Waals surface area contributed by atoms with Crippen LogP contribution in [0.5, 0.6) is 11.5 Å². The SMILES string of the molecule is COc1cccc2oc(-c3nc4ccccc4c(=O)n3N=Cc3c(OCC(=O)Nc4ccc(Cl)cc4)ccc4ccccc34)cc12. The van der Waals surface area contributed by atoms with Crippen LogP contribution in [0.25, 0.3) is 44.2 Å². The minimum absolute atomic E-state index is 0.211. The number of nitrogens with one attached hydrogen (secondary N) is 1. The van der Waals surface area contributed by atoms with Gasteiger partial charge < -0.3 is 19.2 Å². The van der Waals surface area contributed by atoms with Gasteiger partial charge in [0.05, 0.1) is 29.6 Å². The summed E-state index contributed by atoms with van der Waals surface area (Å²) in [6, 6.07) is 32.5. The predicted molar refractivity (Wildman–Crippen MR) is 180 cm³/mol. The van der Waals surface area contributed by atoms with E-state index in [0.29, 0.717) is 50.0 Å². The van der Waals surface area contributed by atoms with E-state index in [0.717, 1.165) is 16.2 Å². The molecule has 0 aliphatic heterocycles. The number of ether oxygens (including phenoxy) is 2. The van der Waals surface area contributed by atoms with Gasteiger partial charge in [-0.1, -0.05) is 60.1 Å². The number of rotatable bonds is 8. The van der Waals surface area contributed by atoms with Crippen LogP contribution in [0.3, 0.4) is 0 Å². The fraction of sp³-hybridized carbons (Fsp3) is 0.0556. The van der Waals surface area contributed by atoms with Crippen LogP contribution in [-0.4, -0.2) is 35.5 Å². The first-order chi connectivity index (χ1) is 22.5. The fourth-order valence-corrected chi connectivity index (χ4v) is 5.36. The highest BCUT2D eigenvalue weighted by Crippen LogP contribution is 2.33. The van der Waals surface area contributed by atoms with E-state index >= 15 is 0 Å². The first kappa shape index (κ1) is 28.8. The van der Waals surface area contributed by atoms with Crippen molar-refractivity contribution < 1.29 is 18.7 Å². The Bertz CT molecular complexity index is 2340. The molecule has 0 unspecified atom stereocenters. The molecule has 0 saturated carbocycles. The number of halogens is 1. The Labute approximate surface area is 267 Å². The van der Waals surface area contributed by atoms with Gasteiger partial charge in [-0.15, -0.1) is 0 Å². The highest BCUT2D eigenvalue weighted by atomic mass is 35.5. The number of benzene rings is 5. The fourth-order valence-electron chi connectivity index (χ4n) is 5.24. The second kappa shape index (κ2) is 12.2. The van der Waals surface area contributed by atoms with Crippen molar-refractivity contribution in [2.75, 3.05) is 19.0 Å². The van der Waals surface area contributed by atoms with Crippen molar-refractivity contribution in [3.05, 3.63) is 130 Å². The van der Waals surface area contributed by atoms with E-state index in [2.05, 4.69) is 10.4 Å². The van der Waals surface area contributed by atoms with Crippen LogP contribution in [0.2, 0.25) is 5.02 Å². The topological polar surface area (TPSA) is 108 Å². The molecule has 7 rings (SSSR count). The van der Waals surface area contributed by atoms with Gasteiger partial charge in [-0.25, -0.2) is 4.98 Å². The Balaban J connectivity index is 1.31. The average molecular weight is 629 g/mol. The lowest BCUT2D eigenvalue weighted by atomic mass is 10.0. The second-order valence-corrected chi connectivity index (χ2v) is 10.8. The van der Waals surface area contributed by atoms with E-state index in [-0.39, 0.29) is 23.9 Å². The summed E-state index contributed by atoms with van der Waals surface area (Å²) >= 11 is 5.96. The molecule has 0 saturated heterocycles. The number of carbonyl (C=O) groups is 1. The maximum Gasteiger partial charge on any atom is 0.282 e. The molecule has 7 aromatic rings. The third-order valence-corrected chi connectivity index (χ3v) is 7.69. The first-order valence-electron chi connectivity index (χ1n) is 14.3. The lowest BCUT2D eigenvalue weighted by Crippen LogP contribution is -2.21. The van der Waals surface area contributed by atoms with Crippen LogP contribution in [0.15, 0.2) is 124 Å². The van der Waals surface area contributed by atoms with Gasteiger partial charge in [0.2, 0.25) is 5.82 Å². The smallest absolute Gasteiger partial charge is 0.282 e. The van der Waals surface area contributed by atoms with Crippen LogP contribution in [0, 0.1) is 0 Å². The summed E-state index contributed by atoms with van der Waals surface area (Å²) < 4.78 is 18.9. The van der Waals surface area contributed by atoms with E-state index in [1.807, 2.05) is 54.6 Å². The Hall–Kier alpha value is -5.93. The molecule has 0 atom stereocenters. The molecule has 0 aliphatic rings. The summed E-state index contributed by atoms with van der Waals surface area (Å²) in [4.78, 5) is 31.4. The molecule has 1 amide bonds. The summed E-state index contributed by atoms with van der Waals surface area (Å²) in [5.74, 6) is 1.24. The molecule has 0 bridgehead atoms. The number of furan rings is 1. The van der Waals surface area contributed by atoms with Crippen LogP contribution < -0.4 is 20.3 Å². The number of methoxy groups -OCH3 is 1. The van der Waals surface area contributed by atoms with E-state index in [9.17, 15) is 9.59 Å². The van der Waals surface area contributed by atoms with Gasteiger partial charge in [0, 0.05) is 16.3 Å². The van der Waals surface area contributed by atoms with E-state index in [4.69, 9.17) is 30.5 Å². The van der Waals surface area contributed by atoms with Crippen molar-refractivity contribution in [2.45, 2.75) is 0 Å². The van der Waals surface area contributed by atoms with Gasteiger partial charge in [-0.2, -0.15) is 9.78 Å². The predicted octanol–water partition coefficient (Wildman–Crippen LogP) is 7.52. The zero-order valence-electron chi connectivity index (χ0n) is 24.4. The number of anilines is 1. The van der Waals surface area contributed by atoms with Crippen LogP contribution >= 0.6 is 11.6 Å². The second-order valence-electron chi connectivity index (χ2n) is 10.3. The molecular formula is C36H25ClN4O5. The van der Waals surface area contributed by atoms with Gasteiger partial charge in [0.15, 0.2) is 12.4 Å². The number of para-hydroxylation sites is 1. The number of amides is 1. The zero-order chi connectivity index (χ0) is 31.6. The van der Waals surface area contributed by atoms with Crippen LogP contribution in [-0.2, 0) is 4.79 Å². The van der Waals surface area contributed by atoms with Gasteiger partial charge in [0.1, 0.15) is 17.1 Å². The summed E-state index contributed by atoms with van der Waals surface area (Å²) in [5, 5.41) is 10.9. The van der Waals surface area contributed by atoms with Crippen molar-refractivity contribution >= 4 is 62.1 Å². The molecule has 2 aromatic heterocycles. The van der Waals surface area contributed by atoms with Gasteiger partial charge >= 0.3 is 0 Å². The monoisotopic (exact) mass is 628 g/mol. The van der Waals surface area contributed by atoms with Crippen molar-refractivity contribution in [2.24, 2.45) is 5.10 Å². The standard InChI is InChI=1S/C36H25ClN4O5/c1-44-30-11-6-12-32-27(30)19-33(46-32)35-40-29-10-5-4-9-26(29)36(43)41(35)38-20-28-25-8-3-2-7-22(25)13-18-31(28)45-21-34(42)39-24-16-14-23(37)15-17-24/h2-20H,21H2,1H3,(H,39,42). The summed E-state index contributed by atoms with van der Waals surface area (Å²) in [7, 11) is 1.58. The molecule has 0 aliphatic carbocycles. The maximum absolute atomic E-state index is 13.9. The number of carbonyl (C=O) groups excluding carboxylic acids is 1. The van der Waals surface area contributed by atoms with Crippen molar-refractivity contribution in [3.8, 4) is 23.1 Å². The number of hydrogen-bond acceptors (Lipinski definition) is 7. The van der Waals surface area contributed by atoms with Crippen molar-refractivity contribution in [1.82, 2.24) is 9.66 Å². The molecular weight excluding hydrogens is 604 g/mol. The Kier molecular flexibility index (Phi) is 7.66. The largest absolute Gasteiger partial charge is 0.496 e. The van der Waals surface area contributed by atoms with E-state index in [1.165, 1.54) is 4.68 Å². The number of fused-ring (bicyclic) bond motifs is 3. The van der Waals surface area contributed by atoms with Crippen LogP contribution in [0.1, 0.15) is 5.56 Å². The summed E-state index contributed by atoms with van der Waals surface area (Å²) in [6.45, 7) is -0.259. The van der Waals surface area contributed by atoms with Crippen molar-refractivity contribution in [1.29, 1.82) is 0 Å². The van der Waals surface area contributed by atoms with Gasteiger partial charge in [-0.3, -0.25) is 9.59 Å². The number of nitrogens with zero attached hydrogens (tertiary/aromatic N) is 3. The normalized spacial score (nSPS) is 11.4. The van der Waals surface area contributed by atoms with Gasteiger partial charge in [-0.05, 0) is 71.4 Å².